The Hall–Kier alpha value is -2.18. The van der Waals surface area contributed by atoms with Crippen LogP contribution < -0.4 is 5.73 Å². The first-order chi connectivity index (χ1) is 11.5. The van der Waals surface area contributed by atoms with Crippen molar-refractivity contribution in [3.63, 3.8) is 0 Å². The second-order valence-corrected chi connectivity index (χ2v) is 8.06. The van der Waals surface area contributed by atoms with E-state index in [0.29, 0.717) is 24.2 Å². The van der Waals surface area contributed by atoms with Gasteiger partial charge in [-0.15, -0.1) is 0 Å². The van der Waals surface area contributed by atoms with Gasteiger partial charge in [0.05, 0.1) is 10.6 Å². The fraction of sp³-hybridized carbons (Fsp3) is 0.278. The van der Waals surface area contributed by atoms with E-state index in [2.05, 4.69) is 0 Å². The molecule has 1 amide bonds. The SMILES string of the molecule is N[C@H]1CCN(C(=O)c2cccc(CS(=O)(=O)c3ccccc3)c2)C1. The molecular weight excluding hydrogens is 324 g/mol. The maximum Gasteiger partial charge on any atom is 0.253 e. The van der Waals surface area contributed by atoms with Crippen LogP contribution in [0.25, 0.3) is 0 Å². The molecule has 1 fully saturated rings. The van der Waals surface area contributed by atoms with Gasteiger partial charge in [-0.2, -0.15) is 0 Å². The minimum absolute atomic E-state index is 0.0237. The van der Waals surface area contributed by atoms with Crippen molar-refractivity contribution >= 4 is 15.7 Å². The Balaban J connectivity index is 1.80. The molecule has 126 valence electrons. The predicted molar refractivity (Wildman–Crippen MR) is 92.3 cm³/mol. The molecule has 2 N–H and O–H groups in total. The molecular formula is C18H20N2O3S. The lowest BCUT2D eigenvalue weighted by atomic mass is 10.1. The van der Waals surface area contributed by atoms with Crippen molar-refractivity contribution in [3.8, 4) is 0 Å². The van der Waals surface area contributed by atoms with Crippen molar-refractivity contribution in [2.75, 3.05) is 13.1 Å². The number of benzene rings is 2. The fourth-order valence-corrected chi connectivity index (χ4v) is 4.24. The number of hydrogen-bond acceptors (Lipinski definition) is 4. The minimum Gasteiger partial charge on any atom is -0.337 e. The minimum atomic E-state index is -3.43. The maximum absolute atomic E-state index is 12.5. The highest BCUT2D eigenvalue weighted by Gasteiger charge is 2.25. The average Bonchev–Trinajstić information content (AvgIpc) is 3.01. The van der Waals surface area contributed by atoms with Gasteiger partial charge in [0.25, 0.3) is 5.91 Å². The molecule has 3 rings (SSSR count). The summed E-state index contributed by atoms with van der Waals surface area (Å²) in [4.78, 5) is 14.5. The number of sulfone groups is 1. The van der Waals surface area contributed by atoms with Crippen LogP contribution in [0.1, 0.15) is 22.3 Å². The predicted octanol–water partition coefficient (Wildman–Crippen LogP) is 1.83. The van der Waals surface area contributed by atoms with Crippen LogP contribution >= 0.6 is 0 Å². The Labute approximate surface area is 142 Å². The monoisotopic (exact) mass is 344 g/mol. The van der Waals surface area contributed by atoms with E-state index in [0.717, 1.165) is 6.42 Å². The summed E-state index contributed by atoms with van der Waals surface area (Å²) in [6, 6.07) is 15.2. The van der Waals surface area contributed by atoms with Crippen LogP contribution in [0.15, 0.2) is 59.5 Å². The van der Waals surface area contributed by atoms with E-state index in [-0.39, 0.29) is 22.6 Å². The van der Waals surface area contributed by atoms with E-state index >= 15 is 0 Å². The maximum atomic E-state index is 12.5. The molecule has 1 atom stereocenters. The van der Waals surface area contributed by atoms with Gasteiger partial charge in [0.15, 0.2) is 9.84 Å². The largest absolute Gasteiger partial charge is 0.337 e. The van der Waals surface area contributed by atoms with Crippen molar-refractivity contribution < 1.29 is 13.2 Å². The number of hydrogen-bond donors (Lipinski definition) is 1. The van der Waals surface area contributed by atoms with Gasteiger partial charge < -0.3 is 10.6 Å². The molecule has 0 aliphatic carbocycles. The summed E-state index contributed by atoms with van der Waals surface area (Å²) < 4.78 is 24.9. The number of nitrogens with zero attached hydrogens (tertiary/aromatic N) is 1. The van der Waals surface area contributed by atoms with Gasteiger partial charge in [0, 0.05) is 24.7 Å². The number of rotatable bonds is 4. The Morgan fingerprint density at radius 3 is 2.54 bits per heavy atom. The lowest BCUT2D eigenvalue weighted by Gasteiger charge is -2.16. The van der Waals surface area contributed by atoms with Crippen molar-refractivity contribution in [1.29, 1.82) is 0 Å². The van der Waals surface area contributed by atoms with Crippen molar-refractivity contribution in [3.05, 3.63) is 65.7 Å². The second-order valence-electron chi connectivity index (χ2n) is 6.07. The van der Waals surface area contributed by atoms with Crippen LogP contribution in [0.5, 0.6) is 0 Å². The van der Waals surface area contributed by atoms with Crippen molar-refractivity contribution in [2.45, 2.75) is 23.1 Å². The molecule has 1 aliphatic rings. The lowest BCUT2D eigenvalue weighted by Crippen LogP contribution is -2.31. The summed E-state index contributed by atoms with van der Waals surface area (Å²) >= 11 is 0. The molecule has 0 aromatic heterocycles. The fourth-order valence-electron chi connectivity index (χ4n) is 2.88. The van der Waals surface area contributed by atoms with Crippen LogP contribution in [0.2, 0.25) is 0 Å². The number of likely N-dealkylation sites (tertiary alicyclic amines) is 1. The molecule has 2 aromatic rings. The van der Waals surface area contributed by atoms with E-state index < -0.39 is 9.84 Å². The Kier molecular flexibility index (Phi) is 4.69. The molecule has 0 unspecified atom stereocenters. The van der Waals surface area contributed by atoms with Gasteiger partial charge in [-0.05, 0) is 36.2 Å². The first-order valence-corrected chi connectivity index (χ1v) is 9.52. The number of carbonyl (C=O) groups is 1. The number of nitrogens with two attached hydrogens (primary N) is 1. The molecule has 1 aliphatic heterocycles. The van der Waals surface area contributed by atoms with Crippen LogP contribution in [-0.4, -0.2) is 38.4 Å². The third kappa shape index (κ3) is 3.66. The summed E-state index contributed by atoms with van der Waals surface area (Å²) in [5.41, 5.74) is 6.95. The molecule has 1 saturated heterocycles. The zero-order valence-corrected chi connectivity index (χ0v) is 14.1. The smallest absolute Gasteiger partial charge is 0.253 e. The second kappa shape index (κ2) is 6.75. The highest BCUT2D eigenvalue weighted by molar-refractivity contribution is 7.90. The highest BCUT2D eigenvalue weighted by Crippen LogP contribution is 2.18. The summed E-state index contributed by atoms with van der Waals surface area (Å²) in [6.45, 7) is 1.19. The van der Waals surface area contributed by atoms with Crippen molar-refractivity contribution in [1.82, 2.24) is 4.90 Å². The molecule has 24 heavy (non-hydrogen) atoms. The molecule has 0 saturated carbocycles. The molecule has 1 heterocycles. The third-order valence-corrected chi connectivity index (χ3v) is 5.85. The van der Waals surface area contributed by atoms with Gasteiger partial charge in [0.1, 0.15) is 0 Å². The third-order valence-electron chi connectivity index (χ3n) is 4.14. The average molecular weight is 344 g/mol. The molecule has 5 nitrogen and oxygen atoms in total. The van der Waals surface area contributed by atoms with E-state index in [4.69, 9.17) is 5.73 Å². The lowest BCUT2D eigenvalue weighted by molar-refractivity contribution is 0.0790. The summed E-state index contributed by atoms with van der Waals surface area (Å²) in [5.74, 6) is -0.223. The first kappa shape index (κ1) is 16.7. The Morgan fingerprint density at radius 1 is 1.12 bits per heavy atom. The van der Waals surface area contributed by atoms with E-state index in [1.807, 2.05) is 0 Å². The molecule has 2 aromatic carbocycles. The number of amides is 1. The van der Waals surface area contributed by atoms with Crippen LogP contribution in [0, 0.1) is 0 Å². The molecule has 0 spiro atoms. The Bertz CT molecular complexity index is 834. The van der Waals surface area contributed by atoms with E-state index in [1.165, 1.54) is 0 Å². The first-order valence-electron chi connectivity index (χ1n) is 7.87. The van der Waals surface area contributed by atoms with Gasteiger partial charge in [0.2, 0.25) is 0 Å². The van der Waals surface area contributed by atoms with Crippen LogP contribution in [0.3, 0.4) is 0 Å². The zero-order chi connectivity index (χ0) is 17.2. The van der Waals surface area contributed by atoms with Crippen LogP contribution in [0.4, 0.5) is 0 Å². The van der Waals surface area contributed by atoms with Gasteiger partial charge in [-0.1, -0.05) is 30.3 Å². The van der Waals surface area contributed by atoms with Gasteiger partial charge >= 0.3 is 0 Å². The van der Waals surface area contributed by atoms with Crippen molar-refractivity contribution in [2.24, 2.45) is 5.73 Å². The molecule has 0 bridgehead atoms. The normalized spacial score (nSPS) is 17.9. The Morgan fingerprint density at radius 2 is 1.88 bits per heavy atom. The van der Waals surface area contributed by atoms with Crippen LogP contribution in [-0.2, 0) is 15.6 Å². The topological polar surface area (TPSA) is 80.5 Å². The molecule has 6 heteroatoms. The summed E-state index contributed by atoms with van der Waals surface area (Å²) in [7, 11) is -3.43. The van der Waals surface area contributed by atoms with Gasteiger partial charge in [-0.3, -0.25) is 4.79 Å². The molecule has 0 radical (unpaired) electrons. The van der Waals surface area contributed by atoms with E-state index in [1.54, 1.807) is 59.5 Å². The zero-order valence-electron chi connectivity index (χ0n) is 13.3. The van der Waals surface area contributed by atoms with E-state index in [9.17, 15) is 13.2 Å². The van der Waals surface area contributed by atoms with Gasteiger partial charge in [-0.25, -0.2) is 8.42 Å². The highest BCUT2D eigenvalue weighted by atomic mass is 32.2. The summed E-state index contributed by atoms with van der Waals surface area (Å²) in [6.07, 6.45) is 0.799. The summed E-state index contributed by atoms with van der Waals surface area (Å²) in [5, 5.41) is 0. The quantitative estimate of drug-likeness (QED) is 0.918. The number of carbonyl (C=O) groups excluding carboxylic acids is 1. The standard InChI is InChI=1S/C18H20N2O3S/c19-16-9-10-20(12-16)18(21)15-6-4-5-14(11-15)13-24(22,23)17-7-2-1-3-8-17/h1-8,11,16H,9-10,12-13,19H2/t16-/m0/s1.